The smallest absolute Gasteiger partial charge is 0.265 e. The summed E-state index contributed by atoms with van der Waals surface area (Å²) in [5.41, 5.74) is 3.22. The average molecular weight is 510 g/mol. The first kappa shape index (κ1) is 24.8. The van der Waals surface area contributed by atoms with Crippen molar-refractivity contribution in [2.45, 2.75) is 39.7 Å². The Balaban J connectivity index is 1.76. The summed E-state index contributed by atoms with van der Waals surface area (Å²) >= 11 is 12.5. The molecule has 0 saturated heterocycles. The molecule has 180 valence electrons. The summed E-state index contributed by atoms with van der Waals surface area (Å²) in [5.74, 6) is -0.329. The van der Waals surface area contributed by atoms with Gasteiger partial charge in [-0.3, -0.25) is 9.59 Å². The summed E-state index contributed by atoms with van der Waals surface area (Å²) in [4.78, 5) is 26.7. The van der Waals surface area contributed by atoms with Gasteiger partial charge in [-0.15, -0.1) is 0 Å². The first-order valence-corrected chi connectivity index (χ1v) is 12.2. The highest BCUT2D eigenvalue weighted by Gasteiger charge is 2.25. The number of halogens is 2. The van der Waals surface area contributed by atoms with Crippen LogP contribution in [0.4, 0.5) is 5.69 Å². The molecule has 7 heteroatoms. The number of carbonyl (C=O) groups excluding carboxylic acids is 1. The lowest BCUT2D eigenvalue weighted by molar-refractivity contribution is -0.122. The summed E-state index contributed by atoms with van der Waals surface area (Å²) in [5, 5.41) is 4.01. The van der Waals surface area contributed by atoms with Crippen LogP contribution in [0, 0.1) is 0 Å². The molecule has 0 aliphatic rings. The van der Waals surface area contributed by atoms with E-state index < -0.39 is 11.5 Å². The maximum atomic E-state index is 13.5. The molecule has 1 amide bonds. The molecule has 4 aromatic rings. The van der Waals surface area contributed by atoms with Crippen molar-refractivity contribution in [3.05, 3.63) is 92.1 Å². The van der Waals surface area contributed by atoms with Crippen LogP contribution >= 0.6 is 23.2 Å². The van der Waals surface area contributed by atoms with Crippen LogP contribution in [0.2, 0.25) is 10.0 Å². The zero-order valence-electron chi connectivity index (χ0n) is 19.7. The van der Waals surface area contributed by atoms with Gasteiger partial charge in [0.2, 0.25) is 11.2 Å². The van der Waals surface area contributed by atoms with Gasteiger partial charge in [-0.1, -0.05) is 67.4 Å². The van der Waals surface area contributed by atoms with Crippen molar-refractivity contribution in [3.63, 3.8) is 0 Å². The third-order valence-corrected chi connectivity index (χ3v) is 6.40. The van der Waals surface area contributed by atoms with Crippen LogP contribution in [0.15, 0.2) is 69.9 Å². The zero-order chi connectivity index (χ0) is 25.1. The Morgan fingerprint density at radius 2 is 1.69 bits per heavy atom. The molecule has 0 saturated carbocycles. The molecule has 0 fully saturated rings. The summed E-state index contributed by atoms with van der Waals surface area (Å²) in [6, 6.07) is 17.7. The van der Waals surface area contributed by atoms with E-state index in [-0.39, 0.29) is 22.8 Å². The molecular weight excluding hydrogens is 485 g/mol. The third-order valence-electron chi connectivity index (χ3n) is 5.84. The quantitative estimate of drug-likeness (QED) is 0.283. The van der Waals surface area contributed by atoms with Crippen LogP contribution < -0.4 is 15.5 Å². The van der Waals surface area contributed by atoms with E-state index in [2.05, 4.69) is 5.32 Å². The Bertz CT molecular complexity index is 1440. The van der Waals surface area contributed by atoms with E-state index in [0.29, 0.717) is 21.2 Å². The van der Waals surface area contributed by atoms with Gasteiger partial charge in [-0.05, 0) is 61.2 Å². The fourth-order valence-electron chi connectivity index (χ4n) is 3.94. The van der Waals surface area contributed by atoms with Crippen LogP contribution in [-0.2, 0) is 17.6 Å². The minimum absolute atomic E-state index is 0.102. The minimum atomic E-state index is -0.995. The number of benzene rings is 3. The molecule has 1 unspecified atom stereocenters. The second kappa shape index (κ2) is 10.5. The van der Waals surface area contributed by atoms with E-state index in [4.69, 9.17) is 32.4 Å². The average Bonchev–Trinajstić information content (AvgIpc) is 2.86. The number of fused-ring (bicyclic) bond motifs is 1. The maximum absolute atomic E-state index is 13.5. The number of rotatable bonds is 7. The topological polar surface area (TPSA) is 68.5 Å². The maximum Gasteiger partial charge on any atom is 0.265 e. The first-order chi connectivity index (χ1) is 16.8. The van der Waals surface area contributed by atoms with Gasteiger partial charge in [0.1, 0.15) is 5.58 Å². The van der Waals surface area contributed by atoms with Gasteiger partial charge in [0.05, 0.1) is 10.4 Å². The Labute approximate surface area is 213 Å². The molecule has 35 heavy (non-hydrogen) atoms. The molecule has 1 heterocycles. The number of ether oxygens (including phenoxy) is 1. The van der Waals surface area contributed by atoms with Gasteiger partial charge in [-0.2, -0.15) is 0 Å². The van der Waals surface area contributed by atoms with Crippen LogP contribution in [-0.4, -0.2) is 12.0 Å². The van der Waals surface area contributed by atoms with Crippen molar-refractivity contribution in [1.82, 2.24) is 0 Å². The number of hydrogen-bond donors (Lipinski definition) is 1. The van der Waals surface area contributed by atoms with Crippen molar-refractivity contribution in [3.8, 4) is 17.1 Å². The lowest BCUT2D eigenvalue weighted by atomic mass is 10.0. The SMILES string of the molecule is CCc1cccc(CC)c1NC(=O)C(C)Oc1c(-c2ccccc2Cl)oc2ccc(Cl)cc2c1=O. The molecule has 0 aliphatic carbocycles. The van der Waals surface area contributed by atoms with Gasteiger partial charge < -0.3 is 14.5 Å². The summed E-state index contributed by atoms with van der Waals surface area (Å²) in [6.45, 7) is 5.66. The lowest BCUT2D eigenvalue weighted by Gasteiger charge is -2.19. The number of amides is 1. The highest BCUT2D eigenvalue weighted by atomic mass is 35.5. The van der Waals surface area contributed by atoms with E-state index in [9.17, 15) is 9.59 Å². The summed E-state index contributed by atoms with van der Waals surface area (Å²) in [6.07, 6.45) is 0.541. The highest BCUT2D eigenvalue weighted by molar-refractivity contribution is 6.33. The molecule has 1 atom stereocenters. The van der Waals surface area contributed by atoms with Crippen LogP contribution in [0.1, 0.15) is 31.9 Å². The second-order valence-corrected chi connectivity index (χ2v) is 8.96. The molecule has 0 aliphatic heterocycles. The summed E-state index contributed by atoms with van der Waals surface area (Å²) < 4.78 is 12.1. The van der Waals surface area contributed by atoms with Crippen molar-refractivity contribution in [2.75, 3.05) is 5.32 Å². The van der Waals surface area contributed by atoms with Gasteiger partial charge in [0.15, 0.2) is 11.9 Å². The molecule has 0 bridgehead atoms. The lowest BCUT2D eigenvalue weighted by Crippen LogP contribution is -2.32. The van der Waals surface area contributed by atoms with Crippen LogP contribution in [0.25, 0.3) is 22.3 Å². The minimum Gasteiger partial charge on any atom is -0.473 e. The molecule has 3 aromatic carbocycles. The van der Waals surface area contributed by atoms with Crippen molar-refractivity contribution < 1.29 is 13.9 Å². The Kier molecular flexibility index (Phi) is 7.48. The third kappa shape index (κ3) is 5.07. The monoisotopic (exact) mass is 509 g/mol. The molecule has 1 N–H and O–H groups in total. The number of para-hydroxylation sites is 1. The van der Waals surface area contributed by atoms with E-state index in [1.807, 2.05) is 32.0 Å². The predicted molar refractivity (Wildman–Crippen MR) is 142 cm³/mol. The van der Waals surface area contributed by atoms with Crippen LogP contribution in [0.5, 0.6) is 5.75 Å². The molecule has 0 spiro atoms. The first-order valence-electron chi connectivity index (χ1n) is 11.4. The van der Waals surface area contributed by atoms with Crippen molar-refractivity contribution in [1.29, 1.82) is 0 Å². The molecule has 5 nitrogen and oxygen atoms in total. The molecule has 0 radical (unpaired) electrons. The fourth-order valence-corrected chi connectivity index (χ4v) is 4.33. The highest BCUT2D eigenvalue weighted by Crippen LogP contribution is 2.36. The Morgan fingerprint density at radius 1 is 1.00 bits per heavy atom. The number of nitrogens with one attached hydrogen (secondary N) is 1. The van der Waals surface area contributed by atoms with E-state index >= 15 is 0 Å². The number of hydrogen-bond acceptors (Lipinski definition) is 4. The summed E-state index contributed by atoms with van der Waals surface area (Å²) in [7, 11) is 0. The van der Waals surface area contributed by atoms with E-state index in [1.54, 1.807) is 43.3 Å². The normalized spacial score (nSPS) is 11.9. The Hall–Kier alpha value is -3.28. The van der Waals surface area contributed by atoms with Gasteiger partial charge in [0.25, 0.3) is 5.91 Å². The van der Waals surface area contributed by atoms with Gasteiger partial charge in [-0.25, -0.2) is 0 Å². The number of aryl methyl sites for hydroxylation is 2. The number of carbonyl (C=O) groups is 1. The second-order valence-electron chi connectivity index (χ2n) is 8.12. The van der Waals surface area contributed by atoms with E-state index in [1.165, 1.54) is 6.07 Å². The van der Waals surface area contributed by atoms with Crippen molar-refractivity contribution in [2.24, 2.45) is 0 Å². The van der Waals surface area contributed by atoms with Gasteiger partial charge in [0, 0.05) is 16.3 Å². The largest absolute Gasteiger partial charge is 0.473 e. The van der Waals surface area contributed by atoms with E-state index in [0.717, 1.165) is 29.7 Å². The predicted octanol–water partition coefficient (Wildman–Crippen LogP) is 7.30. The van der Waals surface area contributed by atoms with Gasteiger partial charge >= 0.3 is 0 Å². The molecular formula is C28H25Cl2NO4. The van der Waals surface area contributed by atoms with Crippen molar-refractivity contribution >= 4 is 45.8 Å². The number of anilines is 1. The standard InChI is InChI=1S/C28H25Cl2NO4/c1-4-17-9-8-10-18(5-2)24(17)31-28(33)16(3)34-27-25(32)21-15-19(29)13-14-23(21)35-26(27)20-11-6-7-12-22(20)30/h6-16H,4-5H2,1-3H3,(H,31,33). The fraction of sp³-hybridized carbons (Fsp3) is 0.214. The van der Waals surface area contributed by atoms with Crippen LogP contribution in [0.3, 0.4) is 0 Å². The molecule has 1 aromatic heterocycles. The zero-order valence-corrected chi connectivity index (χ0v) is 21.2. The molecule has 4 rings (SSSR count). The Morgan fingerprint density at radius 3 is 2.34 bits per heavy atom.